The van der Waals surface area contributed by atoms with Gasteiger partial charge in [-0.2, -0.15) is 0 Å². The number of rotatable bonds is 6. The van der Waals surface area contributed by atoms with Crippen molar-refractivity contribution in [1.82, 2.24) is 5.32 Å². The second-order valence-corrected chi connectivity index (χ2v) is 5.84. The van der Waals surface area contributed by atoms with Crippen molar-refractivity contribution in [3.8, 4) is 11.5 Å². The van der Waals surface area contributed by atoms with Gasteiger partial charge in [-0.1, -0.05) is 6.08 Å². The summed E-state index contributed by atoms with van der Waals surface area (Å²) < 4.78 is 10.7. The predicted molar refractivity (Wildman–Crippen MR) is 89.2 cm³/mol. The first-order chi connectivity index (χ1) is 11.1. The summed E-state index contributed by atoms with van der Waals surface area (Å²) in [5.41, 5.74) is 1.41. The van der Waals surface area contributed by atoms with Crippen LogP contribution < -0.4 is 14.8 Å². The number of hydrogen-bond acceptors (Lipinski definition) is 4. The van der Waals surface area contributed by atoms with E-state index in [0.29, 0.717) is 23.5 Å². The molecule has 0 heterocycles. The fraction of sp³-hybridized carbons (Fsp3) is 0.500. The maximum absolute atomic E-state index is 12.5. The minimum Gasteiger partial charge on any atom is -0.493 e. The molecule has 0 aliphatic heterocycles. The molecule has 2 rings (SSSR count). The smallest absolute Gasteiger partial charge is 0.251 e. The number of hydrogen-bond donors (Lipinski definition) is 2. The average Bonchev–Trinajstić information content (AvgIpc) is 2.56. The van der Waals surface area contributed by atoms with E-state index in [4.69, 9.17) is 9.47 Å². The summed E-state index contributed by atoms with van der Waals surface area (Å²) in [5.74, 6) is 1.04. The summed E-state index contributed by atoms with van der Waals surface area (Å²) in [6.07, 6.45) is 5.21. The molecule has 1 amide bonds. The van der Waals surface area contributed by atoms with Gasteiger partial charge in [0.2, 0.25) is 0 Å². The quantitative estimate of drug-likeness (QED) is 0.791. The van der Waals surface area contributed by atoms with Crippen LogP contribution in [-0.4, -0.2) is 37.4 Å². The monoisotopic (exact) mass is 319 g/mol. The van der Waals surface area contributed by atoms with Crippen LogP contribution in [0.3, 0.4) is 0 Å². The van der Waals surface area contributed by atoms with Crippen LogP contribution in [-0.2, 0) is 6.42 Å². The van der Waals surface area contributed by atoms with Crippen LogP contribution in [0.2, 0.25) is 0 Å². The van der Waals surface area contributed by atoms with E-state index in [9.17, 15) is 9.90 Å². The van der Waals surface area contributed by atoms with Gasteiger partial charge in [-0.15, -0.1) is 6.58 Å². The van der Waals surface area contributed by atoms with Gasteiger partial charge >= 0.3 is 0 Å². The largest absolute Gasteiger partial charge is 0.493 e. The second kappa shape index (κ2) is 8.02. The highest BCUT2D eigenvalue weighted by Gasteiger charge is 2.22. The molecule has 5 nitrogen and oxygen atoms in total. The highest BCUT2D eigenvalue weighted by molar-refractivity contribution is 5.95. The first kappa shape index (κ1) is 17.3. The molecule has 5 heteroatoms. The van der Waals surface area contributed by atoms with Gasteiger partial charge in [0.05, 0.1) is 20.3 Å². The van der Waals surface area contributed by atoms with Gasteiger partial charge in [0.15, 0.2) is 11.5 Å². The molecule has 1 fully saturated rings. The topological polar surface area (TPSA) is 67.8 Å². The number of methoxy groups -OCH3 is 2. The number of ether oxygens (including phenoxy) is 2. The first-order valence-electron chi connectivity index (χ1n) is 7.93. The van der Waals surface area contributed by atoms with Crippen molar-refractivity contribution in [2.45, 2.75) is 44.2 Å². The molecule has 1 saturated carbocycles. The number of nitrogens with one attached hydrogen (secondary N) is 1. The third-order valence-electron chi connectivity index (χ3n) is 4.21. The molecule has 0 unspecified atom stereocenters. The van der Waals surface area contributed by atoms with Gasteiger partial charge in [0.25, 0.3) is 5.91 Å². The Kier molecular flexibility index (Phi) is 6.04. The van der Waals surface area contributed by atoms with Crippen molar-refractivity contribution in [3.05, 3.63) is 35.9 Å². The Morgan fingerprint density at radius 1 is 1.30 bits per heavy atom. The summed E-state index contributed by atoms with van der Waals surface area (Å²) in [5, 5.41) is 12.6. The van der Waals surface area contributed by atoms with Crippen LogP contribution in [0, 0.1) is 0 Å². The summed E-state index contributed by atoms with van der Waals surface area (Å²) in [6.45, 7) is 3.74. The number of allylic oxidation sites excluding steroid dienone is 1. The van der Waals surface area contributed by atoms with Gasteiger partial charge in [-0.05, 0) is 44.2 Å². The van der Waals surface area contributed by atoms with Crippen LogP contribution in [0.4, 0.5) is 0 Å². The van der Waals surface area contributed by atoms with E-state index in [1.165, 1.54) is 0 Å². The zero-order valence-electron chi connectivity index (χ0n) is 13.8. The number of amides is 1. The number of aliphatic hydroxyl groups is 1. The van der Waals surface area contributed by atoms with E-state index in [-0.39, 0.29) is 18.1 Å². The summed E-state index contributed by atoms with van der Waals surface area (Å²) >= 11 is 0. The molecule has 1 aliphatic carbocycles. The molecular formula is C18H25NO4. The summed E-state index contributed by atoms with van der Waals surface area (Å²) in [6, 6.07) is 3.62. The maximum atomic E-state index is 12.5. The van der Waals surface area contributed by atoms with Gasteiger partial charge in [0, 0.05) is 17.2 Å². The van der Waals surface area contributed by atoms with Crippen molar-refractivity contribution < 1.29 is 19.4 Å². The van der Waals surface area contributed by atoms with Crippen LogP contribution in [0.5, 0.6) is 11.5 Å². The zero-order chi connectivity index (χ0) is 16.8. The Morgan fingerprint density at radius 2 is 2.00 bits per heavy atom. The number of carbonyl (C=O) groups excluding carboxylic acids is 1. The van der Waals surface area contributed by atoms with E-state index >= 15 is 0 Å². The third-order valence-corrected chi connectivity index (χ3v) is 4.21. The first-order valence-corrected chi connectivity index (χ1v) is 7.93. The van der Waals surface area contributed by atoms with Crippen molar-refractivity contribution in [1.29, 1.82) is 0 Å². The van der Waals surface area contributed by atoms with Crippen LogP contribution >= 0.6 is 0 Å². The van der Waals surface area contributed by atoms with E-state index in [1.807, 2.05) is 6.07 Å². The number of carbonyl (C=O) groups is 1. The minimum absolute atomic E-state index is 0.113. The molecule has 0 atom stereocenters. The van der Waals surface area contributed by atoms with Gasteiger partial charge < -0.3 is 19.9 Å². The van der Waals surface area contributed by atoms with Crippen molar-refractivity contribution >= 4 is 5.91 Å². The Balaban J connectivity index is 2.19. The van der Waals surface area contributed by atoms with Crippen molar-refractivity contribution in [3.63, 3.8) is 0 Å². The van der Waals surface area contributed by atoms with Crippen molar-refractivity contribution in [2.24, 2.45) is 0 Å². The molecule has 0 bridgehead atoms. The highest BCUT2D eigenvalue weighted by atomic mass is 16.5. The van der Waals surface area contributed by atoms with E-state index in [2.05, 4.69) is 11.9 Å². The molecular weight excluding hydrogens is 294 g/mol. The minimum atomic E-state index is -0.233. The van der Waals surface area contributed by atoms with E-state index in [1.54, 1.807) is 26.4 Å². The van der Waals surface area contributed by atoms with Crippen LogP contribution in [0.15, 0.2) is 24.8 Å². The molecule has 126 valence electrons. The fourth-order valence-corrected chi connectivity index (χ4v) is 2.97. The van der Waals surface area contributed by atoms with Crippen LogP contribution in [0.25, 0.3) is 0 Å². The van der Waals surface area contributed by atoms with Crippen LogP contribution in [0.1, 0.15) is 41.6 Å². The number of benzene rings is 1. The fourth-order valence-electron chi connectivity index (χ4n) is 2.97. The average molecular weight is 319 g/mol. The standard InChI is InChI=1S/C18H25NO4/c1-4-5-12-10-13(11-16(22-2)17(12)23-3)18(21)19-14-6-8-15(20)9-7-14/h4,10-11,14-15,20H,1,5-9H2,2-3H3,(H,19,21). The third kappa shape index (κ3) is 4.26. The maximum Gasteiger partial charge on any atom is 0.251 e. The highest BCUT2D eigenvalue weighted by Crippen LogP contribution is 2.33. The lowest BCUT2D eigenvalue weighted by molar-refractivity contribution is 0.0867. The molecule has 0 radical (unpaired) electrons. The molecule has 2 N–H and O–H groups in total. The molecule has 1 aromatic rings. The molecule has 0 saturated heterocycles. The molecule has 0 aromatic heterocycles. The Hall–Kier alpha value is -2.01. The number of aliphatic hydroxyl groups excluding tert-OH is 1. The van der Waals surface area contributed by atoms with E-state index in [0.717, 1.165) is 31.2 Å². The Morgan fingerprint density at radius 3 is 2.57 bits per heavy atom. The second-order valence-electron chi connectivity index (χ2n) is 5.84. The summed E-state index contributed by atoms with van der Waals surface area (Å²) in [4.78, 5) is 12.5. The molecule has 1 aliphatic rings. The van der Waals surface area contributed by atoms with Gasteiger partial charge in [-0.25, -0.2) is 0 Å². The Bertz CT molecular complexity index is 562. The Labute approximate surface area is 137 Å². The normalized spacial score (nSPS) is 20.7. The lowest BCUT2D eigenvalue weighted by Crippen LogP contribution is -2.38. The SMILES string of the molecule is C=CCc1cc(C(=O)NC2CCC(O)CC2)cc(OC)c1OC. The van der Waals surface area contributed by atoms with E-state index < -0.39 is 0 Å². The van der Waals surface area contributed by atoms with Gasteiger partial charge in [-0.3, -0.25) is 4.79 Å². The molecule has 23 heavy (non-hydrogen) atoms. The molecule has 0 spiro atoms. The lowest BCUT2D eigenvalue weighted by atomic mass is 9.93. The van der Waals surface area contributed by atoms with Gasteiger partial charge in [0.1, 0.15) is 0 Å². The zero-order valence-corrected chi connectivity index (χ0v) is 13.8. The predicted octanol–water partition coefficient (Wildman–Crippen LogP) is 2.47. The van der Waals surface area contributed by atoms with Crippen molar-refractivity contribution in [2.75, 3.05) is 14.2 Å². The molecule has 1 aromatic carbocycles. The lowest BCUT2D eigenvalue weighted by Gasteiger charge is -2.26. The summed E-state index contributed by atoms with van der Waals surface area (Å²) in [7, 11) is 3.14.